The van der Waals surface area contributed by atoms with Gasteiger partial charge in [-0.05, 0) is 24.0 Å². The van der Waals surface area contributed by atoms with Gasteiger partial charge in [-0.15, -0.1) is 0 Å². The molecule has 19 heavy (non-hydrogen) atoms. The van der Waals surface area contributed by atoms with Crippen LogP contribution in [0.2, 0.25) is 0 Å². The Labute approximate surface area is 115 Å². The normalized spacial score (nSPS) is 10.6. The topological polar surface area (TPSA) is 17.1 Å². The highest BCUT2D eigenvalue weighted by Gasteiger charge is 2.12. The summed E-state index contributed by atoms with van der Waals surface area (Å²) in [7, 11) is 0. The summed E-state index contributed by atoms with van der Waals surface area (Å²) in [6.07, 6.45) is 4.87. The first-order chi connectivity index (χ1) is 9.42. The van der Waals surface area contributed by atoms with Crippen LogP contribution in [0.3, 0.4) is 0 Å². The second kappa shape index (κ2) is 7.52. The van der Waals surface area contributed by atoms with Crippen LogP contribution in [-0.2, 0) is 4.79 Å². The van der Waals surface area contributed by atoms with Gasteiger partial charge in [0.05, 0.1) is 0 Å². The zero-order valence-corrected chi connectivity index (χ0v) is 11.2. The van der Waals surface area contributed by atoms with E-state index in [1.807, 2.05) is 0 Å². The van der Waals surface area contributed by atoms with Gasteiger partial charge >= 0.3 is 0 Å². The Morgan fingerprint density at radius 1 is 0.789 bits per heavy atom. The standard InChI is InChI=1S/C18H20O/c19-15-9-3-8-14-18(16-10-4-1-5-11-16)17-12-6-2-7-13-17/h1-2,4-7,10-13,15,18H,3,8-9,14H2. The number of carbonyl (C=O) groups is 1. The molecule has 0 spiro atoms. The van der Waals surface area contributed by atoms with Crippen LogP contribution < -0.4 is 0 Å². The molecule has 0 bridgehead atoms. The van der Waals surface area contributed by atoms with Crippen molar-refractivity contribution in [1.82, 2.24) is 0 Å². The molecule has 0 aliphatic heterocycles. The first-order valence-corrected chi connectivity index (χ1v) is 6.95. The lowest BCUT2D eigenvalue weighted by Gasteiger charge is -2.17. The summed E-state index contributed by atoms with van der Waals surface area (Å²) in [5.41, 5.74) is 2.72. The third-order valence-electron chi connectivity index (χ3n) is 3.47. The van der Waals surface area contributed by atoms with Crippen molar-refractivity contribution in [3.05, 3.63) is 71.8 Å². The minimum Gasteiger partial charge on any atom is -0.303 e. The van der Waals surface area contributed by atoms with Gasteiger partial charge in [0.15, 0.2) is 0 Å². The van der Waals surface area contributed by atoms with Gasteiger partial charge in [-0.25, -0.2) is 0 Å². The summed E-state index contributed by atoms with van der Waals surface area (Å²) < 4.78 is 0. The van der Waals surface area contributed by atoms with Crippen molar-refractivity contribution in [2.24, 2.45) is 0 Å². The number of benzene rings is 2. The van der Waals surface area contributed by atoms with E-state index in [1.54, 1.807) is 0 Å². The second-order valence-corrected chi connectivity index (χ2v) is 4.83. The summed E-state index contributed by atoms with van der Waals surface area (Å²) in [4.78, 5) is 10.4. The second-order valence-electron chi connectivity index (χ2n) is 4.83. The van der Waals surface area contributed by atoms with Gasteiger partial charge < -0.3 is 4.79 Å². The maximum absolute atomic E-state index is 10.4. The lowest BCUT2D eigenvalue weighted by Crippen LogP contribution is -2.01. The fourth-order valence-corrected chi connectivity index (χ4v) is 2.47. The maximum atomic E-state index is 10.4. The SMILES string of the molecule is O=CCCCCC(c1ccccc1)c1ccccc1. The number of carbonyl (C=O) groups excluding carboxylic acids is 1. The molecule has 1 heteroatoms. The predicted molar refractivity (Wildman–Crippen MR) is 79.3 cm³/mol. The van der Waals surface area contributed by atoms with Crippen LogP contribution >= 0.6 is 0 Å². The van der Waals surface area contributed by atoms with Crippen LogP contribution in [0.25, 0.3) is 0 Å². The Hall–Kier alpha value is -1.89. The Balaban J connectivity index is 2.12. The maximum Gasteiger partial charge on any atom is 0.119 e. The summed E-state index contributed by atoms with van der Waals surface area (Å²) >= 11 is 0. The van der Waals surface area contributed by atoms with Gasteiger partial charge in [0.25, 0.3) is 0 Å². The first-order valence-electron chi connectivity index (χ1n) is 6.95. The number of aldehydes is 1. The average molecular weight is 252 g/mol. The van der Waals surface area contributed by atoms with E-state index < -0.39 is 0 Å². The molecule has 98 valence electrons. The fourth-order valence-electron chi connectivity index (χ4n) is 2.47. The zero-order chi connectivity index (χ0) is 13.3. The molecule has 0 saturated carbocycles. The van der Waals surface area contributed by atoms with Crippen LogP contribution in [0.1, 0.15) is 42.7 Å². The molecule has 2 aromatic rings. The summed E-state index contributed by atoms with van der Waals surface area (Å²) in [5, 5.41) is 0. The van der Waals surface area contributed by atoms with Crippen LogP contribution in [0.5, 0.6) is 0 Å². The Morgan fingerprint density at radius 3 is 1.79 bits per heavy atom. The quantitative estimate of drug-likeness (QED) is 0.521. The van der Waals surface area contributed by atoms with E-state index in [2.05, 4.69) is 60.7 Å². The first kappa shape index (κ1) is 13.5. The van der Waals surface area contributed by atoms with Crippen LogP contribution in [0.15, 0.2) is 60.7 Å². The van der Waals surface area contributed by atoms with E-state index in [0.717, 1.165) is 25.5 Å². The molecular weight excluding hydrogens is 232 g/mol. The van der Waals surface area contributed by atoms with Crippen LogP contribution in [0.4, 0.5) is 0 Å². The molecule has 0 aromatic heterocycles. The number of hydrogen-bond acceptors (Lipinski definition) is 1. The molecule has 0 heterocycles. The molecule has 2 rings (SSSR count). The molecule has 0 amide bonds. The van der Waals surface area contributed by atoms with E-state index in [-0.39, 0.29) is 0 Å². The highest BCUT2D eigenvalue weighted by Crippen LogP contribution is 2.29. The molecule has 1 nitrogen and oxygen atoms in total. The average Bonchev–Trinajstić information content (AvgIpc) is 2.49. The summed E-state index contributed by atoms with van der Waals surface area (Å²) in [6.45, 7) is 0. The van der Waals surface area contributed by atoms with E-state index in [4.69, 9.17) is 0 Å². The molecule has 0 aliphatic rings. The molecule has 0 unspecified atom stereocenters. The monoisotopic (exact) mass is 252 g/mol. The Kier molecular flexibility index (Phi) is 5.36. The molecule has 2 aromatic carbocycles. The highest BCUT2D eigenvalue weighted by atomic mass is 16.1. The van der Waals surface area contributed by atoms with Gasteiger partial charge in [0.2, 0.25) is 0 Å². The van der Waals surface area contributed by atoms with Crippen molar-refractivity contribution in [1.29, 1.82) is 0 Å². The molecule has 0 fully saturated rings. The number of hydrogen-bond donors (Lipinski definition) is 0. The van der Waals surface area contributed by atoms with E-state index in [1.165, 1.54) is 11.1 Å². The Morgan fingerprint density at radius 2 is 1.32 bits per heavy atom. The van der Waals surface area contributed by atoms with Crippen molar-refractivity contribution in [2.75, 3.05) is 0 Å². The van der Waals surface area contributed by atoms with Gasteiger partial charge in [0.1, 0.15) is 6.29 Å². The van der Waals surface area contributed by atoms with E-state index in [0.29, 0.717) is 12.3 Å². The smallest absolute Gasteiger partial charge is 0.119 e. The fraction of sp³-hybridized carbons (Fsp3) is 0.278. The lowest BCUT2D eigenvalue weighted by atomic mass is 9.87. The van der Waals surface area contributed by atoms with Crippen molar-refractivity contribution >= 4 is 6.29 Å². The molecular formula is C18H20O. The third kappa shape index (κ3) is 4.06. The largest absolute Gasteiger partial charge is 0.303 e. The van der Waals surface area contributed by atoms with Gasteiger partial charge in [0, 0.05) is 12.3 Å². The zero-order valence-electron chi connectivity index (χ0n) is 11.2. The van der Waals surface area contributed by atoms with Gasteiger partial charge in [-0.3, -0.25) is 0 Å². The third-order valence-corrected chi connectivity index (χ3v) is 3.47. The molecule has 0 radical (unpaired) electrons. The van der Waals surface area contributed by atoms with Crippen LogP contribution in [0, 0.1) is 0 Å². The number of unbranched alkanes of at least 4 members (excludes halogenated alkanes) is 2. The molecule has 0 saturated heterocycles. The minimum absolute atomic E-state index is 0.439. The summed E-state index contributed by atoms with van der Waals surface area (Å²) in [6, 6.07) is 21.3. The lowest BCUT2D eigenvalue weighted by molar-refractivity contribution is -0.107. The van der Waals surface area contributed by atoms with Crippen LogP contribution in [-0.4, -0.2) is 6.29 Å². The van der Waals surface area contributed by atoms with Crippen molar-refractivity contribution in [3.63, 3.8) is 0 Å². The van der Waals surface area contributed by atoms with E-state index in [9.17, 15) is 4.79 Å². The number of rotatable bonds is 7. The highest BCUT2D eigenvalue weighted by molar-refractivity contribution is 5.48. The Bertz CT molecular complexity index is 436. The molecule has 0 aliphatic carbocycles. The van der Waals surface area contributed by atoms with Crippen molar-refractivity contribution in [2.45, 2.75) is 31.6 Å². The van der Waals surface area contributed by atoms with Gasteiger partial charge in [-0.1, -0.05) is 67.1 Å². The minimum atomic E-state index is 0.439. The van der Waals surface area contributed by atoms with E-state index >= 15 is 0 Å². The predicted octanol–water partition coefficient (Wildman–Crippen LogP) is 4.58. The summed E-state index contributed by atoms with van der Waals surface area (Å²) in [5.74, 6) is 0.439. The van der Waals surface area contributed by atoms with Gasteiger partial charge in [-0.2, -0.15) is 0 Å². The van der Waals surface area contributed by atoms with Crippen molar-refractivity contribution < 1.29 is 4.79 Å². The molecule has 0 atom stereocenters. The molecule has 0 N–H and O–H groups in total. The van der Waals surface area contributed by atoms with Crippen molar-refractivity contribution in [3.8, 4) is 0 Å².